The molecule has 22 heavy (non-hydrogen) atoms. The van der Waals surface area contributed by atoms with Crippen LogP contribution < -0.4 is 5.32 Å². The van der Waals surface area contributed by atoms with Crippen LogP contribution in [0.4, 0.5) is 0 Å². The average Bonchev–Trinajstić information content (AvgIpc) is 3.34. The molecule has 1 saturated carbocycles. The molecule has 1 amide bonds. The van der Waals surface area contributed by atoms with E-state index in [9.17, 15) is 4.79 Å². The van der Waals surface area contributed by atoms with E-state index in [1.54, 1.807) is 18.2 Å². The quantitative estimate of drug-likeness (QED) is 0.907. The van der Waals surface area contributed by atoms with Crippen molar-refractivity contribution < 1.29 is 4.79 Å². The van der Waals surface area contributed by atoms with Crippen LogP contribution in [0.3, 0.4) is 0 Å². The number of carbonyl (C=O) groups excluding carboxylic acids is 1. The van der Waals surface area contributed by atoms with Gasteiger partial charge in [-0.25, -0.2) is 0 Å². The van der Waals surface area contributed by atoms with E-state index in [4.69, 9.17) is 23.2 Å². The summed E-state index contributed by atoms with van der Waals surface area (Å²) in [6.45, 7) is 0.478. The van der Waals surface area contributed by atoms with Gasteiger partial charge in [0.2, 0.25) is 0 Å². The fraction of sp³-hybridized carbons (Fsp3) is 0.312. The molecule has 114 valence electrons. The van der Waals surface area contributed by atoms with Crippen LogP contribution in [0.2, 0.25) is 10.0 Å². The predicted octanol–water partition coefficient (Wildman–Crippen LogP) is 3.63. The molecule has 0 bridgehead atoms. The van der Waals surface area contributed by atoms with Gasteiger partial charge in [0.25, 0.3) is 5.91 Å². The maximum atomic E-state index is 12.0. The minimum absolute atomic E-state index is 0.222. The van der Waals surface area contributed by atoms with Crippen molar-refractivity contribution in [1.82, 2.24) is 15.5 Å². The smallest absolute Gasteiger partial charge is 0.271 e. The van der Waals surface area contributed by atoms with Crippen LogP contribution in [-0.4, -0.2) is 22.6 Å². The fourth-order valence-corrected chi connectivity index (χ4v) is 2.69. The van der Waals surface area contributed by atoms with Crippen LogP contribution >= 0.6 is 23.2 Å². The van der Waals surface area contributed by atoms with Crippen molar-refractivity contribution in [2.75, 3.05) is 6.54 Å². The third kappa shape index (κ3) is 3.76. The molecular formula is C16H15Cl2N3O. The van der Waals surface area contributed by atoms with E-state index in [1.165, 1.54) is 12.8 Å². The second-order valence-corrected chi connectivity index (χ2v) is 6.20. The van der Waals surface area contributed by atoms with Gasteiger partial charge in [-0.3, -0.25) is 4.79 Å². The summed E-state index contributed by atoms with van der Waals surface area (Å²) in [6, 6.07) is 8.96. The summed E-state index contributed by atoms with van der Waals surface area (Å²) < 4.78 is 0. The predicted molar refractivity (Wildman–Crippen MR) is 86.5 cm³/mol. The first-order valence-corrected chi connectivity index (χ1v) is 7.95. The highest BCUT2D eigenvalue weighted by Crippen LogP contribution is 2.38. The summed E-state index contributed by atoms with van der Waals surface area (Å²) in [7, 11) is 0. The van der Waals surface area contributed by atoms with Crippen molar-refractivity contribution in [3.63, 3.8) is 0 Å². The van der Waals surface area contributed by atoms with Gasteiger partial charge in [-0.2, -0.15) is 5.10 Å². The Bertz CT molecular complexity index is 684. The Morgan fingerprint density at radius 2 is 2.00 bits per heavy atom. The van der Waals surface area contributed by atoms with E-state index in [0.717, 1.165) is 11.3 Å². The molecule has 1 aliphatic rings. The van der Waals surface area contributed by atoms with Gasteiger partial charge in [0.05, 0.1) is 5.69 Å². The normalized spacial score (nSPS) is 13.9. The molecule has 6 heteroatoms. The van der Waals surface area contributed by atoms with Crippen molar-refractivity contribution in [2.24, 2.45) is 0 Å². The van der Waals surface area contributed by atoms with Gasteiger partial charge in [0, 0.05) is 22.5 Å². The largest absolute Gasteiger partial charge is 0.350 e. The van der Waals surface area contributed by atoms with Crippen molar-refractivity contribution >= 4 is 29.1 Å². The second-order valence-electron chi connectivity index (χ2n) is 5.36. The van der Waals surface area contributed by atoms with Crippen molar-refractivity contribution in [3.8, 4) is 0 Å². The summed E-state index contributed by atoms with van der Waals surface area (Å²) in [4.78, 5) is 12.0. The zero-order valence-electron chi connectivity index (χ0n) is 11.9. The first kappa shape index (κ1) is 15.3. The number of hydrogen-bond acceptors (Lipinski definition) is 3. The van der Waals surface area contributed by atoms with Crippen LogP contribution in [0.25, 0.3) is 0 Å². The molecule has 1 heterocycles. The molecule has 0 radical (unpaired) electrons. The fourth-order valence-electron chi connectivity index (χ4n) is 2.19. The molecule has 1 fully saturated rings. The summed E-state index contributed by atoms with van der Waals surface area (Å²) >= 11 is 11.9. The van der Waals surface area contributed by atoms with Crippen molar-refractivity contribution in [1.29, 1.82) is 0 Å². The lowest BCUT2D eigenvalue weighted by Gasteiger charge is -2.07. The van der Waals surface area contributed by atoms with Gasteiger partial charge in [-0.1, -0.05) is 29.3 Å². The van der Waals surface area contributed by atoms with Crippen LogP contribution in [0.5, 0.6) is 0 Å². The zero-order chi connectivity index (χ0) is 15.5. The maximum Gasteiger partial charge on any atom is 0.271 e. The highest BCUT2D eigenvalue weighted by Gasteiger charge is 2.25. The van der Waals surface area contributed by atoms with Crippen molar-refractivity contribution in [2.45, 2.75) is 25.2 Å². The molecule has 0 spiro atoms. The Morgan fingerprint density at radius 3 is 2.64 bits per heavy atom. The third-order valence-electron chi connectivity index (χ3n) is 3.61. The topological polar surface area (TPSA) is 54.9 Å². The number of amides is 1. The van der Waals surface area contributed by atoms with Gasteiger partial charge in [0.15, 0.2) is 5.69 Å². The van der Waals surface area contributed by atoms with Gasteiger partial charge in [0.1, 0.15) is 0 Å². The van der Waals surface area contributed by atoms with E-state index in [2.05, 4.69) is 15.5 Å². The number of halogens is 2. The van der Waals surface area contributed by atoms with E-state index < -0.39 is 0 Å². The first-order chi connectivity index (χ1) is 10.6. The Balaban J connectivity index is 1.53. The Labute approximate surface area is 138 Å². The molecule has 1 aliphatic carbocycles. The van der Waals surface area contributed by atoms with Gasteiger partial charge < -0.3 is 5.32 Å². The molecular weight excluding hydrogens is 321 g/mol. The second kappa shape index (κ2) is 6.63. The Hall–Kier alpha value is -1.65. The maximum absolute atomic E-state index is 12.0. The molecule has 3 rings (SSSR count). The van der Waals surface area contributed by atoms with E-state index in [-0.39, 0.29) is 5.91 Å². The number of nitrogens with one attached hydrogen (secondary N) is 1. The lowest BCUT2D eigenvalue weighted by molar-refractivity contribution is 0.0948. The number of nitrogens with zero attached hydrogens (tertiary/aromatic N) is 2. The summed E-state index contributed by atoms with van der Waals surface area (Å²) in [5.41, 5.74) is 2.26. The number of aromatic nitrogens is 2. The summed E-state index contributed by atoms with van der Waals surface area (Å²) in [5.74, 6) is 0.316. The highest BCUT2D eigenvalue weighted by molar-refractivity contribution is 6.35. The van der Waals surface area contributed by atoms with Crippen molar-refractivity contribution in [3.05, 3.63) is 57.3 Å². The monoisotopic (exact) mass is 335 g/mol. The van der Waals surface area contributed by atoms with Crippen LogP contribution in [0.1, 0.15) is 40.5 Å². The van der Waals surface area contributed by atoms with Gasteiger partial charge >= 0.3 is 0 Å². The SMILES string of the molecule is O=C(NCCc1ccc(Cl)cc1Cl)c1ccc(C2CC2)nn1. The van der Waals surface area contributed by atoms with Crippen LogP contribution in [0, 0.1) is 0 Å². The van der Waals surface area contributed by atoms with Gasteiger partial charge in [-0.05, 0) is 49.1 Å². The molecule has 0 saturated heterocycles. The Morgan fingerprint density at radius 1 is 1.18 bits per heavy atom. The first-order valence-electron chi connectivity index (χ1n) is 7.19. The van der Waals surface area contributed by atoms with E-state index in [1.807, 2.05) is 12.1 Å². The summed E-state index contributed by atoms with van der Waals surface area (Å²) in [6.07, 6.45) is 2.97. The Kier molecular flexibility index (Phi) is 4.60. The molecule has 0 atom stereocenters. The van der Waals surface area contributed by atoms with Crippen LogP contribution in [0.15, 0.2) is 30.3 Å². The van der Waals surface area contributed by atoms with E-state index >= 15 is 0 Å². The van der Waals surface area contributed by atoms with Gasteiger partial charge in [-0.15, -0.1) is 5.10 Å². The zero-order valence-corrected chi connectivity index (χ0v) is 13.4. The molecule has 0 unspecified atom stereocenters. The minimum atomic E-state index is -0.222. The molecule has 2 aromatic rings. The van der Waals surface area contributed by atoms with E-state index in [0.29, 0.717) is 34.6 Å². The number of benzene rings is 1. The van der Waals surface area contributed by atoms with Crippen LogP contribution in [-0.2, 0) is 6.42 Å². The standard InChI is InChI=1S/C16H15Cl2N3O/c17-12-4-3-10(13(18)9-12)7-8-19-16(22)15-6-5-14(20-21-15)11-1-2-11/h3-6,9,11H,1-2,7-8H2,(H,19,22). The lowest BCUT2D eigenvalue weighted by Crippen LogP contribution is -2.26. The third-order valence-corrected chi connectivity index (χ3v) is 4.20. The average molecular weight is 336 g/mol. The highest BCUT2D eigenvalue weighted by atomic mass is 35.5. The molecule has 0 aliphatic heterocycles. The summed E-state index contributed by atoms with van der Waals surface area (Å²) in [5, 5.41) is 12.1. The number of hydrogen-bond donors (Lipinski definition) is 1. The molecule has 4 nitrogen and oxygen atoms in total. The number of rotatable bonds is 5. The lowest BCUT2D eigenvalue weighted by atomic mass is 10.1. The number of carbonyl (C=O) groups is 1. The minimum Gasteiger partial charge on any atom is -0.350 e. The molecule has 1 aromatic heterocycles. The molecule has 1 N–H and O–H groups in total. The molecule has 1 aromatic carbocycles.